The number of likely N-dealkylation sites (N-methyl/N-ethyl adjacent to an activating group) is 1. The number of nitrogens with zero attached hydrogens (tertiary/aromatic N) is 1. The normalized spacial score (nSPS) is 10.3. The Morgan fingerprint density at radius 2 is 2.00 bits per heavy atom. The summed E-state index contributed by atoms with van der Waals surface area (Å²) in [5, 5.41) is 11.7. The van der Waals surface area contributed by atoms with Gasteiger partial charge in [-0.15, -0.1) is 0 Å². The van der Waals surface area contributed by atoms with Crippen molar-refractivity contribution in [2.24, 2.45) is 0 Å². The van der Waals surface area contributed by atoms with E-state index in [2.05, 4.69) is 5.32 Å². The number of carbonyl (C=O) groups excluding carboxylic acids is 1. The molecule has 5 nitrogen and oxygen atoms in total. The minimum absolute atomic E-state index is 0.0536. The summed E-state index contributed by atoms with van der Waals surface area (Å²) in [5.41, 5.74) is 1.71. The number of benzene rings is 1. The van der Waals surface area contributed by atoms with Crippen molar-refractivity contribution in [1.29, 1.82) is 0 Å². The zero-order valence-corrected chi connectivity index (χ0v) is 12.1. The number of aliphatic carboxylic acids is 1. The van der Waals surface area contributed by atoms with Crippen molar-refractivity contribution in [2.75, 3.05) is 27.2 Å². The predicted molar refractivity (Wildman–Crippen MR) is 77.9 cm³/mol. The lowest BCUT2D eigenvalue weighted by Gasteiger charge is -2.18. The summed E-state index contributed by atoms with van der Waals surface area (Å²) >= 11 is 0. The van der Waals surface area contributed by atoms with Crippen molar-refractivity contribution < 1.29 is 14.7 Å². The zero-order valence-electron chi connectivity index (χ0n) is 12.1. The number of carbonyl (C=O) groups is 2. The standard InChI is InChI=1S/C15H22N2O3/c1-16-10-9-12-6-3-4-7-13(12)15(20)17(2)11-5-8-14(18)19/h3-4,6-7,16H,5,8-11H2,1-2H3,(H,18,19). The predicted octanol–water partition coefficient (Wildman–Crippen LogP) is 1.39. The summed E-state index contributed by atoms with van der Waals surface area (Å²) in [4.78, 5) is 24.4. The fourth-order valence-corrected chi connectivity index (χ4v) is 1.98. The van der Waals surface area contributed by atoms with E-state index in [1.807, 2.05) is 31.3 Å². The molecule has 5 heteroatoms. The van der Waals surface area contributed by atoms with Gasteiger partial charge in [0, 0.05) is 25.6 Å². The molecule has 20 heavy (non-hydrogen) atoms. The van der Waals surface area contributed by atoms with E-state index < -0.39 is 5.97 Å². The van der Waals surface area contributed by atoms with Crippen molar-refractivity contribution in [2.45, 2.75) is 19.3 Å². The maximum absolute atomic E-state index is 12.4. The van der Waals surface area contributed by atoms with Crippen LogP contribution in [0.2, 0.25) is 0 Å². The van der Waals surface area contributed by atoms with E-state index in [-0.39, 0.29) is 12.3 Å². The number of carboxylic acids is 1. The smallest absolute Gasteiger partial charge is 0.303 e. The highest BCUT2D eigenvalue weighted by molar-refractivity contribution is 5.95. The number of nitrogens with one attached hydrogen (secondary N) is 1. The average Bonchev–Trinajstić information content (AvgIpc) is 2.44. The molecule has 0 aliphatic rings. The van der Waals surface area contributed by atoms with Crippen LogP contribution in [-0.2, 0) is 11.2 Å². The Morgan fingerprint density at radius 3 is 2.65 bits per heavy atom. The largest absolute Gasteiger partial charge is 0.481 e. The topological polar surface area (TPSA) is 69.6 Å². The second-order valence-electron chi connectivity index (χ2n) is 4.73. The van der Waals surface area contributed by atoms with Crippen molar-refractivity contribution in [3.05, 3.63) is 35.4 Å². The molecule has 1 amide bonds. The molecule has 0 aliphatic carbocycles. The first-order chi connectivity index (χ1) is 9.56. The van der Waals surface area contributed by atoms with Crippen LogP contribution >= 0.6 is 0 Å². The third kappa shape index (κ3) is 5.01. The summed E-state index contributed by atoms with van der Waals surface area (Å²) in [6, 6.07) is 7.55. The maximum Gasteiger partial charge on any atom is 0.303 e. The van der Waals surface area contributed by atoms with Gasteiger partial charge in [-0.1, -0.05) is 18.2 Å². The third-order valence-electron chi connectivity index (χ3n) is 3.12. The lowest BCUT2D eigenvalue weighted by Crippen LogP contribution is -2.29. The Morgan fingerprint density at radius 1 is 1.30 bits per heavy atom. The minimum atomic E-state index is -0.833. The van der Waals surface area contributed by atoms with Gasteiger partial charge in [-0.2, -0.15) is 0 Å². The molecule has 1 aromatic rings. The van der Waals surface area contributed by atoms with Crippen LogP contribution < -0.4 is 5.32 Å². The molecule has 0 unspecified atom stereocenters. The van der Waals surface area contributed by atoms with Crippen LogP contribution in [0.3, 0.4) is 0 Å². The van der Waals surface area contributed by atoms with Gasteiger partial charge in [0.25, 0.3) is 5.91 Å². The summed E-state index contributed by atoms with van der Waals surface area (Å²) in [5.74, 6) is -0.887. The molecular weight excluding hydrogens is 256 g/mol. The molecule has 1 aromatic carbocycles. The molecule has 0 aliphatic heterocycles. The maximum atomic E-state index is 12.4. The van der Waals surface area contributed by atoms with Crippen molar-refractivity contribution in [3.63, 3.8) is 0 Å². The summed E-state index contributed by atoms with van der Waals surface area (Å²) < 4.78 is 0. The minimum Gasteiger partial charge on any atom is -0.481 e. The summed E-state index contributed by atoms with van der Waals surface area (Å²) in [6.07, 6.45) is 1.34. The van der Waals surface area contributed by atoms with Gasteiger partial charge in [0.05, 0.1) is 0 Å². The Balaban J connectivity index is 2.68. The van der Waals surface area contributed by atoms with E-state index in [4.69, 9.17) is 5.11 Å². The Kier molecular flexibility index (Phi) is 6.73. The van der Waals surface area contributed by atoms with Crippen LogP contribution in [0, 0.1) is 0 Å². The van der Waals surface area contributed by atoms with Gasteiger partial charge in [-0.05, 0) is 38.1 Å². The van der Waals surface area contributed by atoms with Crippen LogP contribution in [0.4, 0.5) is 0 Å². The molecule has 0 saturated heterocycles. The van der Waals surface area contributed by atoms with Crippen LogP contribution in [0.15, 0.2) is 24.3 Å². The molecule has 0 saturated carbocycles. The third-order valence-corrected chi connectivity index (χ3v) is 3.12. The van der Waals surface area contributed by atoms with E-state index in [9.17, 15) is 9.59 Å². The molecule has 0 aromatic heterocycles. The highest BCUT2D eigenvalue weighted by atomic mass is 16.4. The van der Waals surface area contributed by atoms with Gasteiger partial charge >= 0.3 is 5.97 Å². The molecule has 110 valence electrons. The van der Waals surface area contributed by atoms with E-state index in [1.165, 1.54) is 0 Å². The van der Waals surface area contributed by atoms with Gasteiger partial charge < -0.3 is 15.3 Å². The first kappa shape index (κ1) is 16.2. The summed E-state index contributed by atoms with van der Waals surface area (Å²) in [7, 11) is 3.58. The first-order valence-electron chi connectivity index (χ1n) is 6.76. The van der Waals surface area contributed by atoms with Gasteiger partial charge in [-0.3, -0.25) is 9.59 Å². The molecule has 0 bridgehead atoms. The monoisotopic (exact) mass is 278 g/mol. The van der Waals surface area contributed by atoms with Crippen LogP contribution in [0.5, 0.6) is 0 Å². The highest BCUT2D eigenvalue weighted by Gasteiger charge is 2.15. The summed E-state index contributed by atoms with van der Waals surface area (Å²) in [6.45, 7) is 1.26. The lowest BCUT2D eigenvalue weighted by atomic mass is 10.0. The van der Waals surface area contributed by atoms with Gasteiger partial charge in [0.2, 0.25) is 0 Å². The van der Waals surface area contributed by atoms with Crippen molar-refractivity contribution in [3.8, 4) is 0 Å². The second kappa shape index (κ2) is 8.32. The first-order valence-corrected chi connectivity index (χ1v) is 6.76. The second-order valence-corrected chi connectivity index (χ2v) is 4.73. The fraction of sp³-hybridized carbons (Fsp3) is 0.467. The van der Waals surface area contributed by atoms with Gasteiger partial charge in [0.1, 0.15) is 0 Å². The van der Waals surface area contributed by atoms with Crippen molar-refractivity contribution >= 4 is 11.9 Å². The Bertz CT molecular complexity index is 460. The van der Waals surface area contributed by atoms with E-state index >= 15 is 0 Å². The number of hydrogen-bond acceptors (Lipinski definition) is 3. The van der Waals surface area contributed by atoms with Gasteiger partial charge in [-0.25, -0.2) is 0 Å². The average molecular weight is 278 g/mol. The molecular formula is C15H22N2O3. The van der Waals surface area contributed by atoms with E-state index in [0.29, 0.717) is 18.5 Å². The lowest BCUT2D eigenvalue weighted by molar-refractivity contribution is -0.137. The highest BCUT2D eigenvalue weighted by Crippen LogP contribution is 2.12. The van der Waals surface area contributed by atoms with Gasteiger partial charge in [0.15, 0.2) is 0 Å². The Hall–Kier alpha value is -1.88. The van der Waals surface area contributed by atoms with E-state index in [0.717, 1.165) is 18.5 Å². The molecule has 1 rings (SSSR count). The van der Waals surface area contributed by atoms with Crippen LogP contribution in [-0.4, -0.2) is 49.1 Å². The molecule has 0 atom stereocenters. The quantitative estimate of drug-likeness (QED) is 0.754. The number of carboxylic acid groups (broad SMARTS) is 1. The van der Waals surface area contributed by atoms with E-state index in [1.54, 1.807) is 11.9 Å². The fourth-order valence-electron chi connectivity index (χ4n) is 1.98. The molecule has 0 fully saturated rings. The number of amides is 1. The molecule has 2 N–H and O–H groups in total. The van der Waals surface area contributed by atoms with Crippen LogP contribution in [0.1, 0.15) is 28.8 Å². The van der Waals surface area contributed by atoms with Crippen molar-refractivity contribution in [1.82, 2.24) is 10.2 Å². The van der Waals surface area contributed by atoms with Crippen LogP contribution in [0.25, 0.3) is 0 Å². The molecule has 0 spiro atoms. The number of rotatable bonds is 8. The number of hydrogen-bond donors (Lipinski definition) is 2. The molecule has 0 heterocycles. The SMILES string of the molecule is CNCCc1ccccc1C(=O)N(C)CCCC(=O)O. The molecule has 0 radical (unpaired) electrons. The Labute approximate surface area is 119 Å². The zero-order chi connectivity index (χ0) is 15.0.